The van der Waals surface area contributed by atoms with E-state index in [4.69, 9.17) is 15.6 Å². The summed E-state index contributed by atoms with van der Waals surface area (Å²) >= 11 is 0. The van der Waals surface area contributed by atoms with Crippen LogP contribution in [0.4, 0.5) is 0 Å². The van der Waals surface area contributed by atoms with Gasteiger partial charge >= 0.3 is 5.97 Å². The van der Waals surface area contributed by atoms with Crippen LogP contribution in [0.25, 0.3) is 22.0 Å². The Morgan fingerprint density at radius 1 is 1.07 bits per heavy atom. The van der Waals surface area contributed by atoms with Crippen molar-refractivity contribution in [2.24, 2.45) is 5.73 Å². The van der Waals surface area contributed by atoms with Crippen molar-refractivity contribution < 1.29 is 14.6 Å². The second-order valence-corrected chi connectivity index (χ2v) is 6.85. The molecule has 6 heteroatoms. The van der Waals surface area contributed by atoms with Gasteiger partial charge < -0.3 is 15.6 Å². The van der Waals surface area contributed by atoms with E-state index in [2.05, 4.69) is 22.3 Å². The number of benzene rings is 3. The predicted octanol–water partition coefficient (Wildman–Crippen LogP) is 3.89. The summed E-state index contributed by atoms with van der Waals surface area (Å²) < 4.78 is 5.97. The normalized spacial score (nSPS) is 10.9. The van der Waals surface area contributed by atoms with Crippen molar-refractivity contribution in [3.05, 3.63) is 83.6 Å². The quantitative estimate of drug-likeness (QED) is 0.446. The van der Waals surface area contributed by atoms with Crippen LogP contribution in [0.1, 0.15) is 16.7 Å². The predicted molar refractivity (Wildman–Crippen MR) is 112 cm³/mol. The third-order valence-electron chi connectivity index (χ3n) is 4.80. The average Bonchev–Trinajstić information content (AvgIpc) is 3.21. The third kappa shape index (κ3) is 4.12. The number of nitrogens with one attached hydrogen (secondary N) is 1. The second-order valence-electron chi connectivity index (χ2n) is 6.85. The second kappa shape index (κ2) is 8.16. The van der Waals surface area contributed by atoms with E-state index in [9.17, 15) is 4.79 Å². The van der Waals surface area contributed by atoms with E-state index in [0.29, 0.717) is 24.5 Å². The molecule has 0 radical (unpaired) electrons. The molecule has 0 aliphatic heterocycles. The van der Waals surface area contributed by atoms with Gasteiger partial charge in [0.05, 0.1) is 18.1 Å². The highest BCUT2D eigenvalue weighted by molar-refractivity contribution is 5.95. The van der Waals surface area contributed by atoms with Crippen molar-refractivity contribution in [2.45, 2.75) is 19.6 Å². The topological polar surface area (TPSA) is 101 Å². The van der Waals surface area contributed by atoms with Gasteiger partial charge in [-0.3, -0.25) is 9.89 Å². The summed E-state index contributed by atoms with van der Waals surface area (Å²) in [5.41, 5.74) is 11.5. The Kier molecular flexibility index (Phi) is 5.27. The van der Waals surface area contributed by atoms with Crippen molar-refractivity contribution in [1.29, 1.82) is 0 Å². The van der Waals surface area contributed by atoms with Crippen LogP contribution in [0.5, 0.6) is 5.75 Å². The number of carbonyl (C=O) groups is 1. The Labute approximate surface area is 167 Å². The Morgan fingerprint density at radius 2 is 1.93 bits per heavy atom. The van der Waals surface area contributed by atoms with Gasteiger partial charge in [0.15, 0.2) is 0 Å². The van der Waals surface area contributed by atoms with Crippen LogP contribution in [-0.4, -0.2) is 21.3 Å². The maximum absolute atomic E-state index is 11.1. The van der Waals surface area contributed by atoms with Gasteiger partial charge in [0, 0.05) is 17.5 Å². The molecular weight excluding hydrogens is 366 g/mol. The maximum atomic E-state index is 11.1. The molecule has 0 spiro atoms. The van der Waals surface area contributed by atoms with E-state index in [1.54, 1.807) is 12.1 Å². The molecule has 0 aliphatic carbocycles. The van der Waals surface area contributed by atoms with Crippen molar-refractivity contribution in [1.82, 2.24) is 10.2 Å². The molecule has 1 aromatic heterocycles. The largest absolute Gasteiger partial charge is 0.489 e. The van der Waals surface area contributed by atoms with E-state index in [1.807, 2.05) is 42.6 Å². The first-order valence-electron chi connectivity index (χ1n) is 9.32. The molecule has 0 amide bonds. The highest BCUT2D eigenvalue weighted by Gasteiger charge is 2.11. The molecular formula is C23H21N3O3. The number of nitrogens with two attached hydrogens (primary N) is 1. The first-order chi connectivity index (χ1) is 14.1. The van der Waals surface area contributed by atoms with E-state index >= 15 is 0 Å². The number of nitrogens with zero attached hydrogens (tertiary/aromatic N) is 1. The molecule has 0 aliphatic rings. The number of carboxylic acid groups (broad SMARTS) is 1. The smallest absolute Gasteiger partial charge is 0.307 e. The minimum Gasteiger partial charge on any atom is -0.489 e. The zero-order valence-electron chi connectivity index (χ0n) is 15.8. The molecule has 4 aromatic rings. The summed E-state index contributed by atoms with van der Waals surface area (Å²) in [5.74, 6) is -0.312. The average molecular weight is 387 g/mol. The fourth-order valence-corrected chi connectivity index (χ4v) is 3.41. The van der Waals surface area contributed by atoms with Crippen molar-refractivity contribution >= 4 is 16.9 Å². The van der Waals surface area contributed by atoms with Crippen LogP contribution in [0, 0.1) is 0 Å². The standard InChI is InChI=1S/C23H21N3O3/c24-12-15-4-3-6-17(8-15)19-9-16(10-21-20(19)13-25-26-21)14-29-22-7-2-1-5-18(22)11-23(27)28/h1-10,13H,11-12,14,24H2,(H,25,26)(H,27,28). The molecule has 6 nitrogen and oxygen atoms in total. The molecule has 0 saturated carbocycles. The molecule has 1 heterocycles. The van der Waals surface area contributed by atoms with Crippen molar-refractivity contribution in [3.63, 3.8) is 0 Å². The number of rotatable bonds is 7. The number of carboxylic acids is 1. The molecule has 0 bridgehead atoms. The Bertz CT molecular complexity index is 1170. The molecule has 0 fully saturated rings. The number of para-hydroxylation sites is 1. The van der Waals surface area contributed by atoms with Gasteiger partial charge in [0.1, 0.15) is 12.4 Å². The van der Waals surface area contributed by atoms with Crippen LogP contribution in [0.3, 0.4) is 0 Å². The Hall–Kier alpha value is -3.64. The van der Waals surface area contributed by atoms with Crippen LogP contribution in [0.15, 0.2) is 66.9 Å². The van der Waals surface area contributed by atoms with E-state index in [-0.39, 0.29) is 6.42 Å². The summed E-state index contributed by atoms with van der Waals surface area (Å²) in [7, 11) is 0. The number of H-pyrrole nitrogens is 1. The fraction of sp³-hybridized carbons (Fsp3) is 0.130. The van der Waals surface area contributed by atoms with Crippen LogP contribution >= 0.6 is 0 Å². The van der Waals surface area contributed by atoms with Gasteiger partial charge in [-0.1, -0.05) is 36.4 Å². The Morgan fingerprint density at radius 3 is 2.76 bits per heavy atom. The molecule has 146 valence electrons. The molecule has 3 aromatic carbocycles. The number of fused-ring (bicyclic) bond motifs is 1. The highest BCUT2D eigenvalue weighted by atomic mass is 16.5. The van der Waals surface area contributed by atoms with E-state index < -0.39 is 5.97 Å². The van der Waals surface area contributed by atoms with Gasteiger partial charge in [0.25, 0.3) is 0 Å². The van der Waals surface area contributed by atoms with Crippen LogP contribution in [-0.2, 0) is 24.4 Å². The van der Waals surface area contributed by atoms with E-state index in [0.717, 1.165) is 33.2 Å². The van der Waals surface area contributed by atoms with Gasteiger partial charge in [-0.05, 0) is 46.5 Å². The lowest BCUT2D eigenvalue weighted by molar-refractivity contribution is -0.136. The third-order valence-corrected chi connectivity index (χ3v) is 4.80. The summed E-state index contributed by atoms with van der Waals surface area (Å²) in [4.78, 5) is 11.1. The number of ether oxygens (including phenoxy) is 1. The zero-order chi connectivity index (χ0) is 20.2. The number of hydrogen-bond donors (Lipinski definition) is 3. The SMILES string of the molecule is NCc1cccc(-c2cc(COc3ccccc3CC(=O)O)cc3[nH]ncc23)c1. The molecule has 29 heavy (non-hydrogen) atoms. The first kappa shape index (κ1) is 18.7. The molecule has 4 rings (SSSR count). The van der Waals surface area contributed by atoms with Gasteiger partial charge in [-0.25, -0.2) is 0 Å². The van der Waals surface area contributed by atoms with Gasteiger partial charge in [0.2, 0.25) is 0 Å². The lowest BCUT2D eigenvalue weighted by Gasteiger charge is -2.12. The lowest BCUT2D eigenvalue weighted by atomic mass is 9.98. The van der Waals surface area contributed by atoms with Crippen LogP contribution < -0.4 is 10.5 Å². The number of hydrogen-bond acceptors (Lipinski definition) is 4. The Balaban J connectivity index is 1.67. The van der Waals surface area contributed by atoms with Crippen LogP contribution in [0.2, 0.25) is 0 Å². The summed E-state index contributed by atoms with van der Waals surface area (Å²) in [5, 5.41) is 17.3. The number of aromatic amines is 1. The first-order valence-corrected chi connectivity index (χ1v) is 9.32. The molecule has 0 atom stereocenters. The fourth-order valence-electron chi connectivity index (χ4n) is 3.41. The zero-order valence-corrected chi connectivity index (χ0v) is 15.8. The van der Waals surface area contributed by atoms with E-state index in [1.165, 1.54) is 0 Å². The minimum absolute atomic E-state index is 0.0765. The summed E-state index contributed by atoms with van der Waals surface area (Å²) in [6, 6.07) is 19.4. The number of aromatic nitrogens is 2. The monoisotopic (exact) mass is 387 g/mol. The summed E-state index contributed by atoms with van der Waals surface area (Å²) in [6.45, 7) is 0.792. The minimum atomic E-state index is -0.887. The maximum Gasteiger partial charge on any atom is 0.307 e. The van der Waals surface area contributed by atoms with Crippen molar-refractivity contribution in [3.8, 4) is 16.9 Å². The summed E-state index contributed by atoms with van der Waals surface area (Å²) in [6.07, 6.45) is 1.74. The highest BCUT2D eigenvalue weighted by Crippen LogP contribution is 2.30. The molecule has 0 unspecified atom stereocenters. The molecule has 0 saturated heterocycles. The van der Waals surface area contributed by atoms with Gasteiger partial charge in [-0.15, -0.1) is 0 Å². The molecule has 4 N–H and O–H groups in total. The lowest BCUT2D eigenvalue weighted by Crippen LogP contribution is -2.04. The van der Waals surface area contributed by atoms with Gasteiger partial charge in [-0.2, -0.15) is 5.10 Å². The number of aliphatic carboxylic acids is 1. The van der Waals surface area contributed by atoms with Crippen molar-refractivity contribution in [2.75, 3.05) is 0 Å².